The molecular weight excluding hydrogens is 308 g/mol. The van der Waals surface area contributed by atoms with E-state index in [9.17, 15) is 20.0 Å². The van der Waals surface area contributed by atoms with Crippen LogP contribution in [0.25, 0.3) is 0 Å². The molecule has 0 saturated heterocycles. The molecule has 0 amide bonds. The first-order valence-corrected chi connectivity index (χ1v) is 8.36. The van der Waals surface area contributed by atoms with Crippen molar-refractivity contribution in [3.63, 3.8) is 0 Å². The second-order valence-electron chi connectivity index (χ2n) is 6.07. The molecule has 0 aliphatic heterocycles. The Morgan fingerprint density at radius 3 is 2.58 bits per heavy atom. The van der Waals surface area contributed by atoms with Crippen LogP contribution >= 0.6 is 0 Å². The molecule has 0 saturated carbocycles. The van der Waals surface area contributed by atoms with Crippen molar-refractivity contribution in [2.24, 2.45) is 0 Å². The lowest BCUT2D eigenvalue weighted by molar-refractivity contribution is 0.0743. The van der Waals surface area contributed by atoms with E-state index in [1.807, 2.05) is 26.8 Å². The Bertz CT molecular complexity index is 684. The third kappa shape index (κ3) is 4.68. The van der Waals surface area contributed by atoms with Gasteiger partial charge in [-0.1, -0.05) is 13.3 Å². The van der Waals surface area contributed by atoms with Crippen molar-refractivity contribution in [3.8, 4) is 11.9 Å². The third-order valence-electron chi connectivity index (χ3n) is 3.81. The zero-order chi connectivity index (χ0) is 18.3. The van der Waals surface area contributed by atoms with Crippen LogP contribution in [-0.4, -0.2) is 28.2 Å². The van der Waals surface area contributed by atoms with Crippen molar-refractivity contribution < 1.29 is 14.6 Å². The van der Waals surface area contributed by atoms with Gasteiger partial charge in [0.2, 0.25) is 5.88 Å². The molecule has 0 atom stereocenters. The van der Waals surface area contributed by atoms with Gasteiger partial charge in [0.15, 0.2) is 5.78 Å². The first-order chi connectivity index (χ1) is 11.3. The Morgan fingerprint density at radius 1 is 1.38 bits per heavy atom. The molecule has 1 aromatic heterocycles. The SMILES string of the molecule is CCCCC(=O)c1c(C)c(C#N)c(=O)n(CCCOC(C)C)c1O. The number of unbranched alkanes of at least 4 members (excludes halogenated alkanes) is 1. The maximum absolute atomic E-state index is 12.4. The van der Waals surface area contributed by atoms with Crippen LogP contribution in [0.5, 0.6) is 5.88 Å². The lowest BCUT2D eigenvalue weighted by Gasteiger charge is -2.16. The molecule has 1 heterocycles. The number of carbonyl (C=O) groups excluding carboxylic acids is 1. The number of aromatic nitrogens is 1. The highest BCUT2D eigenvalue weighted by molar-refractivity contribution is 5.99. The quantitative estimate of drug-likeness (QED) is 0.554. The van der Waals surface area contributed by atoms with Gasteiger partial charge in [0.1, 0.15) is 11.6 Å². The fraction of sp³-hybridized carbons (Fsp3) is 0.611. The standard InChI is InChI=1S/C18H26N2O4/c1-5-6-8-15(21)16-13(4)14(11-19)17(22)20(18(16)23)9-7-10-24-12(2)3/h12,23H,5-10H2,1-4H3. The van der Waals surface area contributed by atoms with E-state index < -0.39 is 5.56 Å². The number of Topliss-reactive ketones (excluding diaryl/α,β-unsaturated/α-hetero) is 1. The largest absolute Gasteiger partial charge is 0.494 e. The van der Waals surface area contributed by atoms with Gasteiger partial charge >= 0.3 is 0 Å². The van der Waals surface area contributed by atoms with Gasteiger partial charge in [0.05, 0.1) is 11.7 Å². The molecule has 0 aromatic carbocycles. The highest BCUT2D eigenvalue weighted by Gasteiger charge is 2.23. The van der Waals surface area contributed by atoms with E-state index in [-0.39, 0.29) is 47.4 Å². The molecule has 0 radical (unpaired) electrons. The van der Waals surface area contributed by atoms with E-state index >= 15 is 0 Å². The van der Waals surface area contributed by atoms with Gasteiger partial charge in [-0.25, -0.2) is 0 Å². The molecule has 0 fully saturated rings. The van der Waals surface area contributed by atoms with Gasteiger partial charge in [-0.05, 0) is 39.2 Å². The summed E-state index contributed by atoms with van der Waals surface area (Å²) in [6.07, 6.45) is 2.41. The zero-order valence-electron chi connectivity index (χ0n) is 14.9. The summed E-state index contributed by atoms with van der Waals surface area (Å²) in [5.41, 5.74) is -0.304. The Hall–Kier alpha value is -2.13. The Labute approximate surface area is 142 Å². The van der Waals surface area contributed by atoms with Gasteiger partial charge in [-0.3, -0.25) is 14.2 Å². The average molecular weight is 334 g/mol. The predicted octanol–water partition coefficient (Wildman–Crippen LogP) is 2.92. The molecule has 132 valence electrons. The lowest BCUT2D eigenvalue weighted by Crippen LogP contribution is -2.27. The van der Waals surface area contributed by atoms with Gasteiger partial charge in [-0.15, -0.1) is 0 Å². The molecule has 0 bridgehead atoms. The molecule has 0 aliphatic carbocycles. The molecule has 1 aromatic rings. The number of nitrogens with zero attached hydrogens (tertiary/aromatic N) is 2. The number of ketones is 1. The molecule has 0 aliphatic rings. The Morgan fingerprint density at radius 2 is 2.04 bits per heavy atom. The molecule has 6 heteroatoms. The normalized spacial score (nSPS) is 10.8. The number of ether oxygens (including phenoxy) is 1. The third-order valence-corrected chi connectivity index (χ3v) is 3.81. The first kappa shape index (κ1) is 19.9. The van der Waals surface area contributed by atoms with Crippen molar-refractivity contribution in [2.45, 2.75) is 66.0 Å². The van der Waals surface area contributed by atoms with Crippen molar-refractivity contribution >= 4 is 5.78 Å². The van der Waals surface area contributed by atoms with Gasteiger partial charge in [-0.2, -0.15) is 5.26 Å². The van der Waals surface area contributed by atoms with Crippen LogP contribution in [0.3, 0.4) is 0 Å². The molecular formula is C18H26N2O4. The average Bonchev–Trinajstić information content (AvgIpc) is 2.52. The molecule has 6 nitrogen and oxygen atoms in total. The fourth-order valence-electron chi connectivity index (χ4n) is 2.50. The minimum atomic E-state index is -0.566. The van der Waals surface area contributed by atoms with Crippen molar-refractivity contribution in [1.82, 2.24) is 4.57 Å². The number of pyridine rings is 1. The second-order valence-corrected chi connectivity index (χ2v) is 6.07. The van der Waals surface area contributed by atoms with Crippen LogP contribution < -0.4 is 5.56 Å². The highest BCUT2D eigenvalue weighted by atomic mass is 16.5. The van der Waals surface area contributed by atoms with E-state index in [1.165, 1.54) is 6.92 Å². The van der Waals surface area contributed by atoms with Crippen molar-refractivity contribution in [3.05, 3.63) is 27.0 Å². The van der Waals surface area contributed by atoms with Crippen LogP contribution in [0.15, 0.2) is 4.79 Å². The summed E-state index contributed by atoms with van der Waals surface area (Å²) in [5, 5.41) is 19.7. The van der Waals surface area contributed by atoms with E-state index in [2.05, 4.69) is 0 Å². The van der Waals surface area contributed by atoms with Crippen LogP contribution in [0.2, 0.25) is 0 Å². The molecule has 1 N–H and O–H groups in total. The number of nitriles is 1. The zero-order valence-corrected chi connectivity index (χ0v) is 14.9. The van der Waals surface area contributed by atoms with Gasteiger partial charge < -0.3 is 9.84 Å². The lowest BCUT2D eigenvalue weighted by atomic mass is 9.98. The highest BCUT2D eigenvalue weighted by Crippen LogP contribution is 2.24. The van der Waals surface area contributed by atoms with E-state index in [0.717, 1.165) is 11.0 Å². The number of hydrogen-bond acceptors (Lipinski definition) is 5. The van der Waals surface area contributed by atoms with Crippen LogP contribution in [0.4, 0.5) is 0 Å². The minimum absolute atomic E-state index is 0.0780. The smallest absolute Gasteiger partial charge is 0.271 e. The second kappa shape index (κ2) is 9.24. The van der Waals surface area contributed by atoms with Crippen molar-refractivity contribution in [2.75, 3.05) is 6.61 Å². The van der Waals surface area contributed by atoms with E-state index in [1.54, 1.807) is 0 Å². The van der Waals surface area contributed by atoms with Gasteiger partial charge in [0.25, 0.3) is 5.56 Å². The maximum Gasteiger partial charge on any atom is 0.271 e. The molecule has 0 unspecified atom stereocenters. The number of carbonyl (C=O) groups is 1. The summed E-state index contributed by atoms with van der Waals surface area (Å²) in [7, 11) is 0. The minimum Gasteiger partial charge on any atom is -0.494 e. The summed E-state index contributed by atoms with van der Waals surface area (Å²) in [5.74, 6) is -0.585. The van der Waals surface area contributed by atoms with E-state index in [0.29, 0.717) is 19.4 Å². The van der Waals surface area contributed by atoms with E-state index in [4.69, 9.17) is 4.74 Å². The molecule has 24 heavy (non-hydrogen) atoms. The number of aromatic hydroxyl groups is 1. The summed E-state index contributed by atoms with van der Waals surface area (Å²) < 4.78 is 6.53. The summed E-state index contributed by atoms with van der Waals surface area (Å²) in [4.78, 5) is 24.8. The van der Waals surface area contributed by atoms with Crippen LogP contribution in [0, 0.1) is 18.3 Å². The Kier molecular flexibility index (Phi) is 7.66. The molecule has 0 spiro atoms. The van der Waals surface area contributed by atoms with Gasteiger partial charge in [0, 0.05) is 19.6 Å². The first-order valence-electron chi connectivity index (χ1n) is 8.36. The summed E-state index contributed by atoms with van der Waals surface area (Å²) in [6, 6.07) is 1.86. The topological polar surface area (TPSA) is 92.3 Å². The summed E-state index contributed by atoms with van der Waals surface area (Å²) in [6.45, 7) is 7.95. The number of rotatable bonds is 9. The number of hydrogen-bond donors (Lipinski definition) is 1. The predicted molar refractivity (Wildman–Crippen MR) is 91.4 cm³/mol. The summed E-state index contributed by atoms with van der Waals surface area (Å²) >= 11 is 0. The van der Waals surface area contributed by atoms with Crippen molar-refractivity contribution in [1.29, 1.82) is 5.26 Å². The van der Waals surface area contributed by atoms with Crippen LogP contribution in [0.1, 0.15) is 67.9 Å². The maximum atomic E-state index is 12.4. The Balaban J connectivity index is 3.21. The fourth-order valence-corrected chi connectivity index (χ4v) is 2.50. The van der Waals surface area contributed by atoms with Crippen LogP contribution in [-0.2, 0) is 11.3 Å². The monoisotopic (exact) mass is 334 g/mol. The molecule has 1 rings (SSSR count).